The molecule has 1 aliphatic rings. The average molecular weight is 109 g/mol. The Bertz CT molecular complexity index is 155. The molecule has 3 nitrogen and oxygen atoms in total. The highest BCUT2D eigenvalue weighted by molar-refractivity contribution is 5.90. The fourth-order valence-corrected chi connectivity index (χ4v) is 0.345. The topological polar surface area (TPSA) is 45.4 Å². The van der Waals surface area contributed by atoms with Crippen molar-refractivity contribution in [1.29, 1.82) is 0 Å². The Morgan fingerprint density at radius 3 is 3.25 bits per heavy atom. The molecule has 0 atom stereocenters. The predicted octanol–water partition coefficient (Wildman–Crippen LogP) is 0.683. The minimum absolute atomic E-state index is 0.134. The largest absolute Gasteiger partial charge is 0.363 e. The first-order valence-corrected chi connectivity index (χ1v) is 2.18. The van der Waals surface area contributed by atoms with Crippen LogP contribution in [0.5, 0.6) is 0 Å². The summed E-state index contributed by atoms with van der Waals surface area (Å²) in [5.41, 5.74) is 6.91. The lowest BCUT2D eigenvalue weighted by molar-refractivity contribution is 0.269. The van der Waals surface area contributed by atoms with Crippen LogP contribution in [0.4, 0.5) is 0 Å². The van der Waals surface area contributed by atoms with E-state index in [2.05, 4.69) is 9.99 Å². The van der Waals surface area contributed by atoms with Crippen LogP contribution in [0.15, 0.2) is 29.6 Å². The van der Waals surface area contributed by atoms with Gasteiger partial charge in [0.2, 0.25) is 0 Å². The van der Waals surface area contributed by atoms with E-state index < -0.39 is 0 Å². The molecule has 0 amide bonds. The molecule has 1 rings (SSSR count). The molecule has 0 aromatic rings. The number of allylic oxidation sites excluding steroid dienone is 2. The third kappa shape index (κ3) is 1.11. The molecule has 1 radical (unpaired) electrons. The molecule has 0 aromatic heterocycles. The summed E-state index contributed by atoms with van der Waals surface area (Å²) in [7, 11) is 0. The summed E-state index contributed by atoms with van der Waals surface area (Å²) in [6.45, 7) is 0. The lowest BCUT2D eigenvalue weighted by Gasteiger charge is -1.83. The van der Waals surface area contributed by atoms with Gasteiger partial charge in [0.15, 0.2) is 5.84 Å². The maximum absolute atomic E-state index is 6.91. The molecule has 1 N–H and O–H groups in total. The lowest BCUT2D eigenvalue weighted by Crippen LogP contribution is -1.90. The predicted molar refractivity (Wildman–Crippen MR) is 29.9 cm³/mol. The van der Waals surface area contributed by atoms with Crippen molar-refractivity contribution in [2.45, 2.75) is 0 Å². The minimum atomic E-state index is 0.134. The van der Waals surface area contributed by atoms with Crippen LogP contribution in [-0.2, 0) is 4.84 Å². The second-order valence-corrected chi connectivity index (χ2v) is 1.27. The van der Waals surface area contributed by atoms with Crippen LogP contribution in [0, 0.1) is 0 Å². The third-order valence-corrected chi connectivity index (χ3v) is 0.656. The van der Waals surface area contributed by atoms with Gasteiger partial charge in [-0.1, -0.05) is 11.2 Å². The Hall–Kier alpha value is -1.25. The monoisotopic (exact) mass is 109 g/mol. The zero-order valence-corrected chi connectivity index (χ0v) is 4.16. The number of amidine groups is 1. The Morgan fingerprint density at radius 1 is 1.50 bits per heavy atom. The Labute approximate surface area is 47.1 Å². The van der Waals surface area contributed by atoms with Crippen molar-refractivity contribution in [1.82, 2.24) is 5.73 Å². The van der Waals surface area contributed by atoms with E-state index in [1.165, 1.54) is 6.26 Å². The molecule has 0 fully saturated rings. The van der Waals surface area contributed by atoms with Crippen molar-refractivity contribution in [2.24, 2.45) is 5.16 Å². The van der Waals surface area contributed by atoms with E-state index in [9.17, 15) is 0 Å². The van der Waals surface area contributed by atoms with Gasteiger partial charge in [-0.05, 0) is 12.2 Å². The lowest BCUT2D eigenvalue weighted by atomic mass is 10.5. The van der Waals surface area contributed by atoms with Crippen LogP contribution in [0.25, 0.3) is 0 Å². The third-order valence-electron chi connectivity index (χ3n) is 0.656. The highest BCUT2D eigenvalue weighted by atomic mass is 16.6. The molecule has 0 aliphatic carbocycles. The summed E-state index contributed by atoms with van der Waals surface area (Å²) in [4.78, 5) is 4.46. The van der Waals surface area contributed by atoms with Crippen molar-refractivity contribution in [3.05, 3.63) is 24.5 Å². The SMILES string of the molecule is [NH]C1=NOC=CC=C1. The molecule has 0 saturated heterocycles. The second kappa shape index (κ2) is 2.16. The van der Waals surface area contributed by atoms with E-state index in [-0.39, 0.29) is 5.84 Å². The Kier molecular flexibility index (Phi) is 1.32. The van der Waals surface area contributed by atoms with Crippen molar-refractivity contribution < 1.29 is 4.84 Å². The first kappa shape index (κ1) is 4.90. The highest BCUT2D eigenvalue weighted by Crippen LogP contribution is 1.88. The summed E-state index contributed by atoms with van der Waals surface area (Å²) >= 11 is 0. The standard InChI is InChI=1S/C5H5N2O/c6-5-3-1-2-4-8-7-5/h1-4,6H. The minimum Gasteiger partial charge on any atom is -0.363 e. The first-order valence-electron chi connectivity index (χ1n) is 2.18. The summed E-state index contributed by atoms with van der Waals surface area (Å²) < 4.78 is 0. The molecule has 0 unspecified atom stereocenters. The van der Waals surface area contributed by atoms with E-state index in [4.69, 9.17) is 5.73 Å². The van der Waals surface area contributed by atoms with E-state index in [0.717, 1.165) is 0 Å². The van der Waals surface area contributed by atoms with Gasteiger partial charge in [0, 0.05) is 0 Å². The fraction of sp³-hybridized carbons (Fsp3) is 0. The molecular weight excluding hydrogens is 104 g/mol. The zero-order chi connectivity index (χ0) is 5.82. The van der Waals surface area contributed by atoms with Crippen LogP contribution in [0.1, 0.15) is 0 Å². The van der Waals surface area contributed by atoms with Gasteiger partial charge >= 0.3 is 0 Å². The highest BCUT2D eigenvalue weighted by Gasteiger charge is 1.85. The quantitative estimate of drug-likeness (QED) is 0.451. The molecule has 0 aromatic carbocycles. The molecule has 1 heterocycles. The Morgan fingerprint density at radius 2 is 2.38 bits per heavy atom. The van der Waals surface area contributed by atoms with Crippen molar-refractivity contribution in [3.8, 4) is 0 Å². The maximum Gasteiger partial charge on any atom is 0.184 e. The first-order chi connectivity index (χ1) is 3.89. The molecule has 3 heteroatoms. The van der Waals surface area contributed by atoms with Crippen LogP contribution in [-0.4, -0.2) is 5.84 Å². The summed E-state index contributed by atoms with van der Waals surface area (Å²) in [5, 5.41) is 3.33. The van der Waals surface area contributed by atoms with Gasteiger partial charge in [-0.2, -0.15) is 0 Å². The molecule has 0 saturated carbocycles. The van der Waals surface area contributed by atoms with Crippen molar-refractivity contribution in [2.75, 3.05) is 0 Å². The van der Waals surface area contributed by atoms with Crippen molar-refractivity contribution >= 4 is 5.84 Å². The summed E-state index contributed by atoms with van der Waals surface area (Å²) in [6.07, 6.45) is 6.32. The average Bonchev–Trinajstić information content (AvgIpc) is 1.94. The normalized spacial score (nSPS) is 16.8. The molecule has 41 valence electrons. The number of hydrogen-bond acceptors (Lipinski definition) is 2. The number of nitrogens with zero attached hydrogens (tertiary/aromatic N) is 1. The maximum atomic E-state index is 6.91. The summed E-state index contributed by atoms with van der Waals surface area (Å²) in [5.74, 6) is 0.134. The van der Waals surface area contributed by atoms with E-state index in [0.29, 0.717) is 0 Å². The van der Waals surface area contributed by atoms with Gasteiger partial charge in [0.1, 0.15) is 6.26 Å². The van der Waals surface area contributed by atoms with E-state index in [1.54, 1.807) is 18.2 Å². The van der Waals surface area contributed by atoms with Crippen LogP contribution >= 0.6 is 0 Å². The molecule has 0 bridgehead atoms. The van der Waals surface area contributed by atoms with Gasteiger partial charge in [0.25, 0.3) is 0 Å². The van der Waals surface area contributed by atoms with Gasteiger partial charge in [-0.25, -0.2) is 0 Å². The van der Waals surface area contributed by atoms with E-state index in [1.807, 2.05) is 0 Å². The van der Waals surface area contributed by atoms with Crippen LogP contribution in [0.2, 0.25) is 0 Å². The zero-order valence-electron chi connectivity index (χ0n) is 4.16. The van der Waals surface area contributed by atoms with Crippen LogP contribution < -0.4 is 5.73 Å². The number of oxime groups is 1. The number of rotatable bonds is 0. The summed E-state index contributed by atoms with van der Waals surface area (Å²) in [6, 6.07) is 0. The second-order valence-electron chi connectivity index (χ2n) is 1.27. The van der Waals surface area contributed by atoms with E-state index >= 15 is 0 Å². The van der Waals surface area contributed by atoms with Gasteiger partial charge < -0.3 is 4.84 Å². The number of hydrogen-bond donors (Lipinski definition) is 0. The smallest absolute Gasteiger partial charge is 0.184 e. The van der Waals surface area contributed by atoms with Gasteiger partial charge in [-0.15, -0.1) is 0 Å². The van der Waals surface area contributed by atoms with Gasteiger partial charge in [-0.3, -0.25) is 5.73 Å². The van der Waals surface area contributed by atoms with Crippen LogP contribution in [0.3, 0.4) is 0 Å². The molecular formula is C5H5N2O. The fourth-order valence-electron chi connectivity index (χ4n) is 0.345. The Balaban J connectivity index is 2.69. The number of nitrogens with one attached hydrogen (secondary N) is 1. The van der Waals surface area contributed by atoms with Crippen molar-refractivity contribution in [3.63, 3.8) is 0 Å². The van der Waals surface area contributed by atoms with Gasteiger partial charge in [0.05, 0.1) is 0 Å². The molecule has 8 heavy (non-hydrogen) atoms. The molecule has 0 spiro atoms. The molecule has 1 aliphatic heterocycles.